The van der Waals surface area contributed by atoms with Crippen LogP contribution in [0.25, 0.3) is 11.0 Å². The van der Waals surface area contributed by atoms with Gasteiger partial charge in [0.2, 0.25) is 26.0 Å². The predicted octanol–water partition coefficient (Wildman–Crippen LogP) is 3.37. The second kappa shape index (κ2) is 9.32. The molecule has 3 N–H and O–H groups in total. The Balaban J connectivity index is 1.46. The van der Waals surface area contributed by atoms with Crippen molar-refractivity contribution in [2.24, 2.45) is 0 Å². The van der Waals surface area contributed by atoms with Crippen LogP contribution >= 0.6 is 11.6 Å². The third-order valence-corrected chi connectivity index (χ3v) is 9.39. The van der Waals surface area contributed by atoms with Gasteiger partial charge in [-0.3, -0.25) is 9.52 Å². The number of sulfonamides is 2. The van der Waals surface area contributed by atoms with E-state index in [2.05, 4.69) is 14.7 Å². The summed E-state index contributed by atoms with van der Waals surface area (Å²) in [7, 11) is -7.67. The lowest BCUT2D eigenvalue weighted by Gasteiger charge is -2.18. The fourth-order valence-electron chi connectivity index (χ4n) is 4.15. The van der Waals surface area contributed by atoms with E-state index in [1.54, 1.807) is 24.3 Å². The first kappa shape index (κ1) is 24.4. The summed E-state index contributed by atoms with van der Waals surface area (Å²) in [5, 5.41) is -0.530. The molecule has 1 saturated heterocycles. The molecule has 1 aliphatic heterocycles. The number of amides is 1. The van der Waals surface area contributed by atoms with Crippen molar-refractivity contribution in [3.8, 4) is 0 Å². The van der Waals surface area contributed by atoms with Crippen molar-refractivity contribution < 1.29 is 21.6 Å². The Morgan fingerprint density at radius 3 is 2.36 bits per heavy atom. The Bertz CT molecular complexity index is 1620. The van der Waals surface area contributed by atoms with E-state index in [0.717, 1.165) is 11.1 Å². The number of benzene rings is 3. The first-order valence-corrected chi connectivity index (χ1v) is 14.4. The third kappa shape index (κ3) is 5.00. The zero-order valence-electron chi connectivity index (χ0n) is 18.7. The van der Waals surface area contributed by atoms with Gasteiger partial charge < -0.3 is 4.98 Å². The van der Waals surface area contributed by atoms with E-state index in [4.69, 9.17) is 11.6 Å². The standard InChI is InChI=1S/C24H21ClN4O5S2/c25-17-9-11-18(12-10-17)35(31,32)28-21(24-26-19-3-1-2-4-20(19)27-24)13-15-5-7-16(8-6-15)22-14-23(30)29-36(22,33)34/h1-12,21-22,28H,13-14H2,(H,26,27)(H,29,30)/t21-,22?/m0/s1. The molecular weight excluding hydrogens is 524 g/mol. The molecule has 2 atom stereocenters. The van der Waals surface area contributed by atoms with E-state index < -0.39 is 37.2 Å². The summed E-state index contributed by atoms with van der Waals surface area (Å²) in [6, 6.07) is 19.2. The molecule has 1 amide bonds. The Hall–Kier alpha value is -3.25. The summed E-state index contributed by atoms with van der Waals surface area (Å²) in [6.45, 7) is 0. The lowest BCUT2D eigenvalue weighted by Crippen LogP contribution is -2.31. The van der Waals surface area contributed by atoms with E-state index >= 15 is 0 Å². The Morgan fingerprint density at radius 1 is 1.03 bits per heavy atom. The molecular formula is C24H21ClN4O5S2. The normalized spacial score (nSPS) is 18.2. The van der Waals surface area contributed by atoms with Crippen LogP contribution in [0.3, 0.4) is 0 Å². The number of hydrogen-bond donors (Lipinski definition) is 3. The predicted molar refractivity (Wildman–Crippen MR) is 135 cm³/mol. The Kier molecular flexibility index (Phi) is 6.33. The highest BCUT2D eigenvalue weighted by atomic mass is 35.5. The molecule has 0 spiro atoms. The fraction of sp³-hybridized carbons (Fsp3) is 0.167. The number of hydrogen-bond acceptors (Lipinski definition) is 6. The van der Waals surface area contributed by atoms with E-state index in [0.29, 0.717) is 21.9 Å². The molecule has 1 fully saturated rings. The summed E-state index contributed by atoms with van der Waals surface area (Å²) in [5.74, 6) is -0.100. The van der Waals surface area contributed by atoms with E-state index in [9.17, 15) is 21.6 Å². The van der Waals surface area contributed by atoms with Gasteiger partial charge in [-0.1, -0.05) is 48.0 Å². The molecule has 2 heterocycles. The summed E-state index contributed by atoms with van der Waals surface area (Å²) < 4.78 is 55.4. The van der Waals surface area contributed by atoms with Crippen LogP contribution in [0.15, 0.2) is 77.7 Å². The van der Waals surface area contributed by atoms with Gasteiger partial charge >= 0.3 is 0 Å². The maximum absolute atomic E-state index is 13.2. The molecule has 4 aromatic rings. The van der Waals surface area contributed by atoms with Crippen LogP contribution in [-0.4, -0.2) is 32.7 Å². The molecule has 0 radical (unpaired) electrons. The second-order valence-electron chi connectivity index (χ2n) is 8.48. The van der Waals surface area contributed by atoms with Crippen molar-refractivity contribution in [1.82, 2.24) is 19.4 Å². The molecule has 1 aromatic heterocycles. The highest BCUT2D eigenvalue weighted by molar-refractivity contribution is 7.90. The fourth-order valence-corrected chi connectivity index (χ4v) is 6.91. The zero-order chi connectivity index (χ0) is 25.5. The number of rotatable bonds is 7. The number of nitrogens with one attached hydrogen (secondary N) is 3. The van der Waals surface area contributed by atoms with Crippen LogP contribution in [0.1, 0.15) is 34.7 Å². The molecule has 0 aliphatic carbocycles. The minimum atomic E-state index is -3.92. The van der Waals surface area contributed by atoms with Gasteiger partial charge in [-0.2, -0.15) is 0 Å². The van der Waals surface area contributed by atoms with Gasteiger partial charge in [0.05, 0.1) is 28.4 Å². The molecule has 3 aromatic carbocycles. The van der Waals surface area contributed by atoms with E-state index in [1.807, 2.05) is 29.0 Å². The second-order valence-corrected chi connectivity index (χ2v) is 12.5. The first-order chi connectivity index (χ1) is 17.1. The van der Waals surface area contributed by atoms with Gasteiger partial charge in [-0.15, -0.1) is 0 Å². The Morgan fingerprint density at radius 2 is 1.72 bits per heavy atom. The average molecular weight is 545 g/mol. The number of halogens is 1. The smallest absolute Gasteiger partial charge is 0.242 e. The number of aromatic amines is 1. The van der Waals surface area contributed by atoms with E-state index in [-0.39, 0.29) is 17.7 Å². The maximum atomic E-state index is 13.2. The molecule has 1 unspecified atom stereocenters. The topological polar surface area (TPSA) is 138 Å². The quantitative estimate of drug-likeness (QED) is 0.326. The number of nitrogens with zero attached hydrogens (tertiary/aromatic N) is 1. The van der Waals surface area contributed by atoms with Crippen LogP contribution in [0, 0.1) is 0 Å². The molecule has 9 nitrogen and oxygen atoms in total. The number of fused-ring (bicyclic) bond motifs is 1. The number of carbonyl (C=O) groups excluding carboxylic acids is 1. The number of imidazole rings is 1. The zero-order valence-corrected chi connectivity index (χ0v) is 21.1. The molecule has 0 bridgehead atoms. The van der Waals surface area contributed by atoms with Crippen LogP contribution in [0.5, 0.6) is 0 Å². The van der Waals surface area contributed by atoms with Gasteiger partial charge in [-0.05, 0) is 53.9 Å². The first-order valence-electron chi connectivity index (χ1n) is 11.0. The van der Waals surface area contributed by atoms with Crippen molar-refractivity contribution in [1.29, 1.82) is 0 Å². The molecule has 36 heavy (non-hydrogen) atoms. The van der Waals surface area contributed by atoms with Gasteiger partial charge in [0.25, 0.3) is 0 Å². The minimum Gasteiger partial charge on any atom is -0.341 e. The third-order valence-electron chi connectivity index (χ3n) is 5.95. The molecule has 12 heteroatoms. The van der Waals surface area contributed by atoms with Gasteiger partial charge in [-0.25, -0.2) is 26.5 Å². The molecule has 186 valence electrons. The van der Waals surface area contributed by atoms with Crippen molar-refractivity contribution in [2.45, 2.75) is 29.0 Å². The number of H-pyrrole nitrogens is 1. The number of carbonyl (C=O) groups is 1. The molecule has 0 saturated carbocycles. The van der Waals surface area contributed by atoms with Crippen LogP contribution in [0.4, 0.5) is 0 Å². The molecule has 5 rings (SSSR count). The monoisotopic (exact) mass is 544 g/mol. The summed E-state index contributed by atoms with van der Waals surface area (Å²) in [6.07, 6.45) is 0.103. The molecule has 1 aliphatic rings. The Labute approximate surface area is 213 Å². The van der Waals surface area contributed by atoms with Gasteiger partial charge in [0, 0.05) is 5.02 Å². The van der Waals surface area contributed by atoms with E-state index in [1.165, 1.54) is 24.3 Å². The number of aromatic nitrogens is 2. The average Bonchev–Trinajstić information content (AvgIpc) is 3.38. The van der Waals surface area contributed by atoms with Crippen LogP contribution in [0.2, 0.25) is 5.02 Å². The largest absolute Gasteiger partial charge is 0.341 e. The van der Waals surface area contributed by atoms with Crippen molar-refractivity contribution >= 4 is 48.6 Å². The minimum absolute atomic E-state index is 0.0620. The van der Waals surface area contributed by atoms with Crippen molar-refractivity contribution in [3.05, 3.63) is 94.8 Å². The lowest BCUT2D eigenvalue weighted by molar-refractivity contribution is -0.118. The van der Waals surface area contributed by atoms with Crippen molar-refractivity contribution in [2.75, 3.05) is 0 Å². The summed E-state index contributed by atoms with van der Waals surface area (Å²) in [5.41, 5.74) is 2.70. The van der Waals surface area contributed by atoms with Gasteiger partial charge in [0.15, 0.2) is 0 Å². The van der Waals surface area contributed by atoms with Crippen LogP contribution < -0.4 is 9.44 Å². The highest BCUT2D eigenvalue weighted by Crippen LogP contribution is 2.31. The van der Waals surface area contributed by atoms with Gasteiger partial charge in [0.1, 0.15) is 11.1 Å². The lowest BCUT2D eigenvalue weighted by atomic mass is 10.0. The highest BCUT2D eigenvalue weighted by Gasteiger charge is 2.37. The summed E-state index contributed by atoms with van der Waals surface area (Å²) >= 11 is 5.91. The van der Waals surface area contributed by atoms with Crippen molar-refractivity contribution in [3.63, 3.8) is 0 Å². The number of para-hydroxylation sites is 2. The maximum Gasteiger partial charge on any atom is 0.242 e. The van der Waals surface area contributed by atoms with Crippen LogP contribution in [-0.2, 0) is 31.3 Å². The summed E-state index contributed by atoms with van der Waals surface area (Å²) in [4.78, 5) is 19.4. The SMILES string of the molecule is O=C1CC(c2ccc(C[C@H](NS(=O)(=O)c3ccc(Cl)cc3)c3nc4ccccc4[nH]3)cc2)S(=O)(=O)N1.